The lowest BCUT2D eigenvalue weighted by Crippen LogP contribution is -2.36. The van der Waals surface area contributed by atoms with Crippen LogP contribution in [-0.2, 0) is 18.7 Å². The van der Waals surface area contributed by atoms with Gasteiger partial charge in [-0.2, -0.15) is 0 Å². The van der Waals surface area contributed by atoms with Crippen molar-refractivity contribution in [2.45, 2.75) is 23.9 Å². The summed E-state index contributed by atoms with van der Waals surface area (Å²) in [5.74, 6) is 2.78. The SMILES string of the molecule is COc1ccc(CCN(C)c2cc(Cl)nc(SCc3cccc(C(=O)N(CCN(C)C)Cc4ccccc4)c3)n2)cc1OC. The van der Waals surface area contributed by atoms with Crippen LogP contribution in [0.2, 0.25) is 5.15 Å². The number of anilines is 1. The van der Waals surface area contributed by atoms with Crippen LogP contribution in [0.1, 0.15) is 27.0 Å². The molecule has 0 fully saturated rings. The van der Waals surface area contributed by atoms with Gasteiger partial charge in [-0.15, -0.1) is 0 Å². The lowest BCUT2D eigenvalue weighted by atomic mass is 10.1. The summed E-state index contributed by atoms with van der Waals surface area (Å²) in [6.07, 6.45) is 0.789. The Morgan fingerprint density at radius 3 is 2.27 bits per heavy atom. The molecule has 0 atom stereocenters. The number of carbonyl (C=O) groups excluding carboxylic acids is 1. The Hall–Kier alpha value is -3.79. The smallest absolute Gasteiger partial charge is 0.254 e. The number of aromatic nitrogens is 2. The zero-order valence-electron chi connectivity index (χ0n) is 26.0. The van der Waals surface area contributed by atoms with Crippen molar-refractivity contribution in [3.8, 4) is 11.5 Å². The maximum Gasteiger partial charge on any atom is 0.254 e. The lowest BCUT2D eigenvalue weighted by molar-refractivity contribution is 0.0732. The number of carbonyl (C=O) groups is 1. The third-order valence-electron chi connectivity index (χ3n) is 7.10. The molecule has 10 heteroatoms. The number of hydrogen-bond donors (Lipinski definition) is 0. The maximum absolute atomic E-state index is 13.6. The van der Waals surface area contributed by atoms with Gasteiger partial charge in [0.2, 0.25) is 0 Å². The molecule has 0 radical (unpaired) electrons. The first-order valence-electron chi connectivity index (χ1n) is 14.4. The Bertz CT molecular complexity index is 1520. The normalized spacial score (nSPS) is 11.0. The summed E-state index contributed by atoms with van der Waals surface area (Å²) in [7, 11) is 9.28. The molecule has 0 saturated heterocycles. The first-order chi connectivity index (χ1) is 21.2. The Morgan fingerprint density at radius 2 is 1.55 bits per heavy atom. The lowest BCUT2D eigenvalue weighted by Gasteiger charge is -2.25. The monoisotopic (exact) mass is 633 g/mol. The van der Waals surface area contributed by atoms with E-state index in [0.717, 1.165) is 42.0 Å². The van der Waals surface area contributed by atoms with Gasteiger partial charge in [0, 0.05) is 50.6 Å². The number of hydrogen-bond acceptors (Lipinski definition) is 8. The molecule has 0 spiro atoms. The number of benzene rings is 3. The molecule has 8 nitrogen and oxygen atoms in total. The van der Waals surface area contributed by atoms with E-state index in [1.54, 1.807) is 20.3 Å². The van der Waals surface area contributed by atoms with Gasteiger partial charge in [0.15, 0.2) is 16.7 Å². The van der Waals surface area contributed by atoms with Gasteiger partial charge < -0.3 is 24.2 Å². The third kappa shape index (κ3) is 9.61. The van der Waals surface area contributed by atoms with Gasteiger partial charge in [0.05, 0.1) is 14.2 Å². The molecule has 44 heavy (non-hydrogen) atoms. The summed E-state index contributed by atoms with van der Waals surface area (Å²) in [6, 6.07) is 25.6. The van der Waals surface area contributed by atoms with Crippen LogP contribution in [0.4, 0.5) is 5.82 Å². The molecule has 3 aromatic carbocycles. The van der Waals surface area contributed by atoms with Gasteiger partial charge in [-0.25, -0.2) is 9.97 Å². The number of amides is 1. The molecule has 0 aliphatic heterocycles. The van der Waals surface area contributed by atoms with Crippen molar-refractivity contribution >= 4 is 35.1 Å². The highest BCUT2D eigenvalue weighted by molar-refractivity contribution is 7.98. The summed E-state index contributed by atoms with van der Waals surface area (Å²) in [5, 5.41) is 0.968. The van der Waals surface area contributed by atoms with Crippen LogP contribution < -0.4 is 14.4 Å². The molecule has 4 aromatic rings. The summed E-state index contributed by atoms with van der Waals surface area (Å²) < 4.78 is 10.8. The largest absolute Gasteiger partial charge is 0.493 e. The molecule has 0 N–H and O–H groups in total. The first-order valence-corrected chi connectivity index (χ1v) is 15.8. The first kappa shape index (κ1) is 33.1. The second kappa shape index (κ2) is 16.3. The van der Waals surface area contributed by atoms with Crippen molar-refractivity contribution < 1.29 is 14.3 Å². The fraction of sp³-hybridized carbons (Fsp3) is 0.324. The zero-order valence-corrected chi connectivity index (χ0v) is 27.6. The average Bonchev–Trinajstić information content (AvgIpc) is 3.04. The molecule has 1 aromatic heterocycles. The fourth-order valence-electron chi connectivity index (χ4n) is 4.59. The fourth-order valence-corrected chi connectivity index (χ4v) is 5.62. The van der Waals surface area contributed by atoms with E-state index in [2.05, 4.69) is 26.9 Å². The van der Waals surface area contributed by atoms with E-state index in [4.69, 9.17) is 26.1 Å². The second-order valence-corrected chi connectivity index (χ2v) is 12.0. The maximum atomic E-state index is 13.6. The predicted molar refractivity (Wildman–Crippen MR) is 179 cm³/mol. The molecule has 0 saturated carbocycles. The molecule has 0 unspecified atom stereocenters. The van der Waals surface area contributed by atoms with Crippen LogP contribution in [0.25, 0.3) is 0 Å². The Kier molecular flexibility index (Phi) is 12.3. The highest BCUT2D eigenvalue weighted by atomic mass is 35.5. The molecule has 232 valence electrons. The number of halogens is 1. The van der Waals surface area contributed by atoms with Crippen LogP contribution in [0, 0.1) is 0 Å². The van der Waals surface area contributed by atoms with Gasteiger partial charge in [0.1, 0.15) is 11.0 Å². The minimum Gasteiger partial charge on any atom is -0.493 e. The topological polar surface area (TPSA) is 71.0 Å². The molecule has 1 heterocycles. The van der Waals surface area contributed by atoms with Crippen LogP contribution in [-0.4, -0.2) is 80.7 Å². The van der Waals surface area contributed by atoms with E-state index in [9.17, 15) is 4.79 Å². The zero-order chi connectivity index (χ0) is 31.5. The molecule has 4 rings (SSSR count). The van der Waals surface area contributed by atoms with Crippen LogP contribution in [0.5, 0.6) is 11.5 Å². The summed E-state index contributed by atoms with van der Waals surface area (Å²) in [5.41, 5.74) is 3.91. The van der Waals surface area contributed by atoms with Gasteiger partial charge >= 0.3 is 0 Å². The van der Waals surface area contributed by atoms with Crippen LogP contribution in [0.3, 0.4) is 0 Å². The second-order valence-electron chi connectivity index (χ2n) is 10.7. The number of methoxy groups -OCH3 is 2. The van der Waals surface area contributed by atoms with E-state index >= 15 is 0 Å². The third-order valence-corrected chi connectivity index (χ3v) is 8.21. The van der Waals surface area contributed by atoms with Gasteiger partial charge in [-0.05, 0) is 61.5 Å². The van der Waals surface area contributed by atoms with Crippen molar-refractivity contribution in [1.82, 2.24) is 19.8 Å². The number of thioether (sulfide) groups is 1. The minimum absolute atomic E-state index is 0.0138. The van der Waals surface area contributed by atoms with Crippen LogP contribution >= 0.6 is 23.4 Å². The van der Waals surface area contributed by atoms with Gasteiger partial charge in [-0.3, -0.25) is 4.79 Å². The molecule has 0 bridgehead atoms. The Labute approximate surface area is 270 Å². The van der Waals surface area contributed by atoms with Crippen molar-refractivity contribution in [3.05, 3.63) is 106 Å². The highest BCUT2D eigenvalue weighted by Crippen LogP contribution is 2.28. The van der Waals surface area contributed by atoms with E-state index in [1.807, 2.05) is 86.7 Å². The summed E-state index contributed by atoms with van der Waals surface area (Å²) in [6.45, 7) is 2.71. The Morgan fingerprint density at radius 1 is 0.795 bits per heavy atom. The van der Waals surface area contributed by atoms with Crippen molar-refractivity contribution in [3.63, 3.8) is 0 Å². The molecular weight excluding hydrogens is 594 g/mol. The quantitative estimate of drug-likeness (QED) is 0.0856. The standard InChI is InChI=1S/C34H40ClN5O3S/c1-38(2)18-19-40(23-26-10-7-6-8-11-26)33(41)28-13-9-12-27(20-28)24-44-34-36-31(35)22-32(37-34)39(3)17-16-25-14-15-29(42-4)30(21-25)43-5/h6-15,20-22H,16-19,23-24H2,1-5H3. The van der Waals surface area contributed by atoms with E-state index < -0.39 is 0 Å². The number of likely N-dealkylation sites (N-methyl/N-ethyl adjacent to an activating group) is 2. The Balaban J connectivity index is 1.41. The molecule has 0 aliphatic carbocycles. The van der Waals surface area contributed by atoms with E-state index in [-0.39, 0.29) is 5.91 Å². The van der Waals surface area contributed by atoms with Gasteiger partial charge in [-0.1, -0.05) is 71.9 Å². The van der Waals surface area contributed by atoms with Gasteiger partial charge in [0.25, 0.3) is 5.91 Å². The summed E-state index contributed by atoms with van der Waals surface area (Å²) >= 11 is 7.90. The predicted octanol–water partition coefficient (Wildman–Crippen LogP) is 6.32. The van der Waals surface area contributed by atoms with Crippen molar-refractivity contribution in [1.29, 1.82) is 0 Å². The van der Waals surface area contributed by atoms with Crippen molar-refractivity contribution in [2.24, 2.45) is 0 Å². The van der Waals surface area contributed by atoms with Crippen molar-refractivity contribution in [2.75, 3.05) is 59.9 Å². The number of nitrogens with zero attached hydrogens (tertiary/aromatic N) is 5. The highest BCUT2D eigenvalue weighted by Gasteiger charge is 2.17. The molecule has 0 aliphatic rings. The summed E-state index contributed by atoms with van der Waals surface area (Å²) in [4.78, 5) is 28.9. The minimum atomic E-state index is 0.0138. The average molecular weight is 634 g/mol. The van der Waals surface area contributed by atoms with Crippen LogP contribution in [0.15, 0.2) is 84.0 Å². The number of rotatable bonds is 15. The van der Waals surface area contributed by atoms with E-state index in [0.29, 0.717) is 46.2 Å². The molecule has 1 amide bonds. The molecular formula is C34H40ClN5O3S. The van der Waals surface area contributed by atoms with E-state index in [1.165, 1.54) is 11.8 Å². The number of ether oxygens (including phenoxy) is 2.